The molecule has 0 unspecified atom stereocenters. The maximum atomic E-state index is 5.36. The number of rotatable bonds is 4. The Bertz CT molecular complexity index is 338. The van der Waals surface area contributed by atoms with Gasteiger partial charge in [0.15, 0.2) is 0 Å². The molecule has 1 aromatic rings. The lowest BCUT2D eigenvalue weighted by molar-refractivity contribution is 0.332. The molecule has 96 valence electrons. The van der Waals surface area contributed by atoms with E-state index in [0.717, 1.165) is 11.5 Å². The fourth-order valence-electron chi connectivity index (χ4n) is 2.58. The van der Waals surface area contributed by atoms with Crippen LogP contribution in [0, 0.1) is 12.3 Å². The predicted molar refractivity (Wildman–Crippen MR) is 78.2 cm³/mol. The minimum absolute atomic E-state index is 0.452. The second kappa shape index (κ2) is 6.24. The lowest BCUT2D eigenvalue weighted by Gasteiger charge is -2.30. The maximum absolute atomic E-state index is 5.36. The van der Waals surface area contributed by atoms with E-state index < -0.39 is 0 Å². The van der Waals surface area contributed by atoms with Gasteiger partial charge in [0.2, 0.25) is 0 Å². The largest absolute Gasteiger partial charge is 0.468 e. The number of furan rings is 1. The fourth-order valence-corrected chi connectivity index (χ4v) is 4.42. The van der Waals surface area contributed by atoms with Gasteiger partial charge in [0, 0.05) is 10.6 Å². The smallest absolute Gasteiger partial charge is 0.114 e. The molecule has 1 aromatic heterocycles. The number of thioether (sulfide) groups is 1. The van der Waals surface area contributed by atoms with Crippen LogP contribution in [0.3, 0.4) is 0 Å². The predicted octanol–water partition coefficient (Wildman–Crippen LogP) is 4.95. The van der Waals surface area contributed by atoms with Crippen molar-refractivity contribution in [2.24, 2.45) is 5.41 Å². The van der Waals surface area contributed by atoms with Crippen LogP contribution in [-0.2, 0) is 0 Å². The molecule has 1 aliphatic rings. The molecule has 0 bridgehead atoms. The normalized spacial score (nSPS) is 20.1. The summed E-state index contributed by atoms with van der Waals surface area (Å²) in [6.45, 7) is 2.04. The molecular formula is C14H22OS2. The second-order valence-corrected chi connectivity index (χ2v) is 6.54. The van der Waals surface area contributed by atoms with Gasteiger partial charge in [0.25, 0.3) is 0 Å². The highest BCUT2D eigenvalue weighted by atomic mass is 32.2. The third-order valence-electron chi connectivity index (χ3n) is 3.84. The van der Waals surface area contributed by atoms with E-state index in [2.05, 4.69) is 18.7 Å². The van der Waals surface area contributed by atoms with Crippen molar-refractivity contribution in [3.8, 4) is 0 Å². The Balaban J connectivity index is 1.96. The van der Waals surface area contributed by atoms with Crippen LogP contribution in [0.5, 0.6) is 0 Å². The van der Waals surface area contributed by atoms with Gasteiger partial charge in [0.1, 0.15) is 5.76 Å². The highest BCUT2D eigenvalue weighted by molar-refractivity contribution is 7.99. The highest BCUT2D eigenvalue weighted by Gasteiger charge is 2.29. The molecule has 0 N–H and O–H groups in total. The molecule has 0 saturated heterocycles. The molecular weight excluding hydrogens is 248 g/mol. The summed E-state index contributed by atoms with van der Waals surface area (Å²) in [6, 6.07) is 2.09. The number of aryl methyl sites for hydroxylation is 1. The first-order valence-corrected chi connectivity index (χ1v) is 8.15. The van der Waals surface area contributed by atoms with E-state index in [-0.39, 0.29) is 0 Å². The topological polar surface area (TPSA) is 13.1 Å². The minimum atomic E-state index is 0.452. The quantitative estimate of drug-likeness (QED) is 0.472. The molecule has 17 heavy (non-hydrogen) atoms. The van der Waals surface area contributed by atoms with Crippen LogP contribution >= 0.6 is 24.4 Å². The Morgan fingerprint density at radius 2 is 2.00 bits per heavy atom. The molecule has 1 saturated carbocycles. The number of thiol groups is 1. The first-order valence-electron chi connectivity index (χ1n) is 6.54. The van der Waals surface area contributed by atoms with Gasteiger partial charge in [-0.1, -0.05) is 25.7 Å². The van der Waals surface area contributed by atoms with E-state index >= 15 is 0 Å². The SMILES string of the molecule is Cc1occc1SCC1(CS)CCCCCC1. The average molecular weight is 270 g/mol. The van der Waals surface area contributed by atoms with Gasteiger partial charge in [-0.2, -0.15) is 12.6 Å². The van der Waals surface area contributed by atoms with E-state index in [9.17, 15) is 0 Å². The standard InChI is InChI=1S/C14H22OS2/c1-12-13(6-9-15-12)17-11-14(10-16)7-4-2-3-5-8-14/h6,9,16H,2-5,7-8,10-11H2,1H3. The van der Waals surface area contributed by atoms with Crippen LogP contribution in [-0.4, -0.2) is 11.5 Å². The molecule has 1 aliphatic carbocycles. The average Bonchev–Trinajstić information content (AvgIpc) is 2.63. The lowest BCUT2D eigenvalue weighted by Crippen LogP contribution is -2.25. The third-order valence-corrected chi connectivity index (χ3v) is 6.01. The van der Waals surface area contributed by atoms with E-state index in [1.54, 1.807) is 6.26 Å². The van der Waals surface area contributed by atoms with Crippen molar-refractivity contribution < 1.29 is 4.42 Å². The summed E-state index contributed by atoms with van der Waals surface area (Å²) in [5.74, 6) is 3.27. The lowest BCUT2D eigenvalue weighted by atomic mass is 9.84. The van der Waals surface area contributed by atoms with Gasteiger partial charge in [0.05, 0.1) is 6.26 Å². The van der Waals surface area contributed by atoms with Crippen LogP contribution in [0.4, 0.5) is 0 Å². The second-order valence-electron chi connectivity index (χ2n) is 5.20. The van der Waals surface area contributed by atoms with Crippen molar-refractivity contribution in [3.63, 3.8) is 0 Å². The van der Waals surface area contributed by atoms with Crippen LogP contribution in [0.25, 0.3) is 0 Å². The van der Waals surface area contributed by atoms with Gasteiger partial charge in [-0.05, 0) is 37.0 Å². The Morgan fingerprint density at radius 3 is 2.53 bits per heavy atom. The summed E-state index contributed by atoms with van der Waals surface area (Å²) >= 11 is 6.57. The van der Waals surface area contributed by atoms with E-state index in [1.165, 1.54) is 49.2 Å². The molecule has 0 aromatic carbocycles. The first kappa shape index (κ1) is 13.4. The first-order chi connectivity index (χ1) is 8.26. The monoisotopic (exact) mass is 270 g/mol. The summed E-state index contributed by atoms with van der Waals surface area (Å²) in [6.07, 6.45) is 10.1. The molecule has 0 atom stereocenters. The van der Waals surface area contributed by atoms with Crippen molar-refractivity contribution in [2.45, 2.75) is 50.3 Å². The molecule has 0 amide bonds. The summed E-state index contributed by atoms with van der Waals surface area (Å²) in [4.78, 5) is 1.30. The molecule has 1 heterocycles. The van der Waals surface area contributed by atoms with Gasteiger partial charge in [-0.15, -0.1) is 11.8 Å². The zero-order chi connectivity index (χ0) is 12.1. The summed E-state index contributed by atoms with van der Waals surface area (Å²) in [5.41, 5.74) is 0.452. The van der Waals surface area contributed by atoms with E-state index in [1.807, 2.05) is 18.7 Å². The summed E-state index contributed by atoms with van der Waals surface area (Å²) in [7, 11) is 0. The van der Waals surface area contributed by atoms with Crippen molar-refractivity contribution in [2.75, 3.05) is 11.5 Å². The zero-order valence-electron chi connectivity index (χ0n) is 10.6. The molecule has 1 fully saturated rings. The summed E-state index contributed by atoms with van der Waals surface area (Å²) < 4.78 is 5.36. The summed E-state index contributed by atoms with van der Waals surface area (Å²) in [5, 5.41) is 0. The number of hydrogen-bond donors (Lipinski definition) is 1. The van der Waals surface area contributed by atoms with Gasteiger partial charge in [-0.25, -0.2) is 0 Å². The zero-order valence-corrected chi connectivity index (χ0v) is 12.3. The maximum Gasteiger partial charge on any atom is 0.114 e. The Morgan fingerprint density at radius 1 is 1.29 bits per heavy atom. The molecule has 1 nitrogen and oxygen atoms in total. The highest BCUT2D eigenvalue weighted by Crippen LogP contribution is 2.41. The van der Waals surface area contributed by atoms with Crippen LogP contribution < -0.4 is 0 Å². The van der Waals surface area contributed by atoms with Gasteiger partial charge < -0.3 is 4.42 Å². The van der Waals surface area contributed by atoms with Crippen LogP contribution in [0.15, 0.2) is 21.6 Å². The minimum Gasteiger partial charge on any atom is -0.468 e. The Kier molecular flexibility index (Phi) is 4.92. The number of hydrogen-bond acceptors (Lipinski definition) is 3. The molecule has 0 radical (unpaired) electrons. The van der Waals surface area contributed by atoms with Crippen LogP contribution in [0.1, 0.15) is 44.3 Å². The molecule has 0 aliphatic heterocycles. The van der Waals surface area contributed by atoms with Gasteiger partial charge in [-0.3, -0.25) is 0 Å². The van der Waals surface area contributed by atoms with Crippen molar-refractivity contribution in [1.82, 2.24) is 0 Å². The van der Waals surface area contributed by atoms with E-state index in [0.29, 0.717) is 5.41 Å². The van der Waals surface area contributed by atoms with E-state index in [4.69, 9.17) is 4.42 Å². The van der Waals surface area contributed by atoms with Gasteiger partial charge >= 0.3 is 0 Å². The Hall–Kier alpha value is -0.0200. The molecule has 2 rings (SSSR count). The van der Waals surface area contributed by atoms with Crippen LogP contribution in [0.2, 0.25) is 0 Å². The molecule has 3 heteroatoms. The van der Waals surface area contributed by atoms with Crippen molar-refractivity contribution >= 4 is 24.4 Å². The molecule has 0 spiro atoms. The Labute approximate surface area is 114 Å². The fraction of sp³-hybridized carbons (Fsp3) is 0.714. The third kappa shape index (κ3) is 3.47. The van der Waals surface area contributed by atoms with Crippen molar-refractivity contribution in [3.05, 3.63) is 18.1 Å². The van der Waals surface area contributed by atoms with Crippen molar-refractivity contribution in [1.29, 1.82) is 0 Å².